The number of para-hydroxylation sites is 1. The van der Waals surface area contributed by atoms with Gasteiger partial charge >= 0.3 is 0 Å². The quantitative estimate of drug-likeness (QED) is 0.577. The monoisotopic (exact) mass is 333 g/mol. The van der Waals surface area contributed by atoms with E-state index in [1.165, 1.54) is 35.6 Å². The van der Waals surface area contributed by atoms with Gasteiger partial charge in [-0.25, -0.2) is 4.98 Å². The lowest BCUT2D eigenvalue weighted by Crippen LogP contribution is -2.11. The number of nitrogens with one attached hydrogen (secondary N) is 1. The van der Waals surface area contributed by atoms with Gasteiger partial charge in [0.1, 0.15) is 5.52 Å². The normalized spacial score (nSPS) is 10.6. The number of nitro groups is 1. The highest BCUT2D eigenvalue weighted by molar-refractivity contribution is 7.22. The Morgan fingerprint density at radius 1 is 1.23 bits per heavy atom. The zero-order chi connectivity index (χ0) is 15.7. The van der Waals surface area contributed by atoms with Gasteiger partial charge in [0.15, 0.2) is 5.13 Å². The summed E-state index contributed by atoms with van der Waals surface area (Å²) in [5.41, 5.74) is 0.882. The number of halogens is 1. The second-order valence-electron chi connectivity index (χ2n) is 4.36. The van der Waals surface area contributed by atoms with E-state index in [-0.39, 0.29) is 11.6 Å². The zero-order valence-corrected chi connectivity index (χ0v) is 12.5. The Kier molecular flexibility index (Phi) is 3.74. The van der Waals surface area contributed by atoms with Gasteiger partial charge in [0.05, 0.1) is 14.6 Å². The number of non-ortho nitro benzene ring substituents is 1. The first-order valence-electron chi connectivity index (χ1n) is 6.15. The van der Waals surface area contributed by atoms with Crippen molar-refractivity contribution in [3.63, 3.8) is 0 Å². The number of nitro benzene ring substituents is 1. The topological polar surface area (TPSA) is 85.1 Å². The molecule has 0 aliphatic carbocycles. The van der Waals surface area contributed by atoms with E-state index in [1.54, 1.807) is 6.07 Å². The minimum Gasteiger partial charge on any atom is -0.298 e. The van der Waals surface area contributed by atoms with E-state index in [4.69, 9.17) is 11.6 Å². The molecule has 3 rings (SSSR count). The van der Waals surface area contributed by atoms with Crippen LogP contribution in [0.3, 0.4) is 0 Å². The van der Waals surface area contributed by atoms with Crippen molar-refractivity contribution in [2.45, 2.75) is 0 Å². The van der Waals surface area contributed by atoms with Crippen molar-refractivity contribution < 1.29 is 9.72 Å². The maximum Gasteiger partial charge on any atom is 0.269 e. The Morgan fingerprint density at radius 2 is 1.95 bits per heavy atom. The third-order valence-corrected chi connectivity index (χ3v) is 4.17. The van der Waals surface area contributed by atoms with E-state index in [9.17, 15) is 14.9 Å². The molecule has 0 aliphatic heterocycles. The van der Waals surface area contributed by atoms with Gasteiger partial charge in [-0.2, -0.15) is 0 Å². The number of aromatic nitrogens is 1. The molecule has 0 fully saturated rings. The Hall–Kier alpha value is -2.51. The minimum atomic E-state index is -0.517. The molecule has 0 spiro atoms. The van der Waals surface area contributed by atoms with Gasteiger partial charge in [-0.1, -0.05) is 29.0 Å². The van der Waals surface area contributed by atoms with Gasteiger partial charge in [0, 0.05) is 17.7 Å². The number of anilines is 1. The van der Waals surface area contributed by atoms with E-state index >= 15 is 0 Å². The molecular weight excluding hydrogens is 326 g/mol. The lowest BCUT2D eigenvalue weighted by molar-refractivity contribution is -0.384. The van der Waals surface area contributed by atoms with Crippen LogP contribution in [0.15, 0.2) is 42.5 Å². The summed E-state index contributed by atoms with van der Waals surface area (Å²) >= 11 is 7.35. The molecule has 6 nitrogen and oxygen atoms in total. The molecule has 110 valence electrons. The van der Waals surface area contributed by atoms with Crippen LogP contribution in [0.1, 0.15) is 10.4 Å². The van der Waals surface area contributed by atoms with E-state index in [0.717, 1.165) is 4.70 Å². The van der Waals surface area contributed by atoms with Crippen molar-refractivity contribution in [1.29, 1.82) is 0 Å². The summed E-state index contributed by atoms with van der Waals surface area (Å²) in [6.07, 6.45) is 0. The Balaban J connectivity index is 1.83. The molecule has 0 radical (unpaired) electrons. The number of rotatable bonds is 3. The second kappa shape index (κ2) is 5.70. The first-order chi connectivity index (χ1) is 10.5. The predicted molar refractivity (Wildman–Crippen MR) is 85.7 cm³/mol. The first kappa shape index (κ1) is 14.4. The molecule has 22 heavy (non-hydrogen) atoms. The molecule has 1 heterocycles. The van der Waals surface area contributed by atoms with Crippen LogP contribution in [-0.4, -0.2) is 15.8 Å². The number of nitrogens with zero attached hydrogens (tertiary/aromatic N) is 2. The van der Waals surface area contributed by atoms with Crippen LogP contribution in [0.4, 0.5) is 10.8 Å². The largest absolute Gasteiger partial charge is 0.298 e. The molecule has 1 amide bonds. The summed E-state index contributed by atoms with van der Waals surface area (Å²) in [5, 5.41) is 14.2. The molecule has 1 aromatic heterocycles. The van der Waals surface area contributed by atoms with Crippen molar-refractivity contribution in [3.05, 3.63) is 63.2 Å². The van der Waals surface area contributed by atoms with Gasteiger partial charge in [-0.05, 0) is 24.3 Å². The number of hydrogen-bond donors (Lipinski definition) is 1. The van der Waals surface area contributed by atoms with E-state index in [0.29, 0.717) is 21.2 Å². The smallest absolute Gasteiger partial charge is 0.269 e. The van der Waals surface area contributed by atoms with Crippen LogP contribution in [0, 0.1) is 10.1 Å². The van der Waals surface area contributed by atoms with Gasteiger partial charge in [-0.3, -0.25) is 20.2 Å². The third-order valence-electron chi connectivity index (χ3n) is 2.93. The lowest BCUT2D eigenvalue weighted by atomic mass is 10.2. The molecule has 1 N–H and O–H groups in total. The number of hydrogen-bond acceptors (Lipinski definition) is 5. The average Bonchev–Trinajstić information content (AvgIpc) is 2.91. The Bertz CT molecular complexity index is 877. The van der Waals surface area contributed by atoms with Crippen molar-refractivity contribution in [1.82, 2.24) is 4.98 Å². The first-order valence-corrected chi connectivity index (χ1v) is 7.35. The standard InChI is InChI=1S/C14H8ClN3O3S/c15-10-2-1-3-11-12(10)16-14(22-11)17-13(19)8-4-6-9(7-5-8)18(20)21/h1-7H,(H,16,17,19). The third kappa shape index (κ3) is 2.76. The number of carbonyl (C=O) groups is 1. The van der Waals surface area contributed by atoms with Crippen LogP contribution < -0.4 is 5.32 Å². The van der Waals surface area contributed by atoms with Crippen molar-refractivity contribution >= 4 is 49.9 Å². The van der Waals surface area contributed by atoms with Gasteiger partial charge in [-0.15, -0.1) is 0 Å². The summed E-state index contributed by atoms with van der Waals surface area (Å²) < 4.78 is 0.867. The second-order valence-corrected chi connectivity index (χ2v) is 5.80. The number of fused-ring (bicyclic) bond motifs is 1. The molecule has 0 unspecified atom stereocenters. The molecule has 0 saturated carbocycles. The molecule has 8 heteroatoms. The van der Waals surface area contributed by atoms with Gasteiger partial charge in [0.25, 0.3) is 11.6 Å². The summed E-state index contributed by atoms with van der Waals surface area (Å²) in [6, 6.07) is 10.8. The highest BCUT2D eigenvalue weighted by Gasteiger charge is 2.13. The number of carbonyl (C=O) groups excluding carboxylic acids is 1. The van der Waals surface area contributed by atoms with Crippen molar-refractivity contribution in [2.75, 3.05) is 5.32 Å². The molecular formula is C14H8ClN3O3S. The zero-order valence-electron chi connectivity index (χ0n) is 10.9. The molecule has 0 aliphatic rings. The molecule has 2 aromatic carbocycles. The number of thiazole rings is 1. The fourth-order valence-corrected chi connectivity index (χ4v) is 3.03. The molecule has 3 aromatic rings. The van der Waals surface area contributed by atoms with Crippen LogP contribution in [0.2, 0.25) is 5.02 Å². The fourth-order valence-electron chi connectivity index (χ4n) is 1.87. The number of amides is 1. The summed E-state index contributed by atoms with van der Waals surface area (Å²) in [7, 11) is 0. The van der Waals surface area contributed by atoms with E-state index in [1.807, 2.05) is 12.1 Å². The van der Waals surface area contributed by atoms with Crippen molar-refractivity contribution in [3.8, 4) is 0 Å². The van der Waals surface area contributed by atoms with E-state index < -0.39 is 4.92 Å². The summed E-state index contributed by atoms with van der Waals surface area (Å²) in [4.78, 5) is 26.5. The minimum absolute atomic E-state index is 0.0664. The maximum absolute atomic E-state index is 12.1. The lowest BCUT2D eigenvalue weighted by Gasteiger charge is -2.00. The summed E-state index contributed by atoms with van der Waals surface area (Å²) in [5.74, 6) is -0.384. The SMILES string of the molecule is O=C(Nc1nc2c(Cl)cccc2s1)c1ccc([N+](=O)[O-])cc1. The summed E-state index contributed by atoms with van der Waals surface area (Å²) in [6.45, 7) is 0. The maximum atomic E-state index is 12.1. The number of benzene rings is 2. The van der Waals surface area contributed by atoms with Crippen LogP contribution in [-0.2, 0) is 0 Å². The van der Waals surface area contributed by atoms with Crippen LogP contribution >= 0.6 is 22.9 Å². The average molecular weight is 334 g/mol. The Labute approximate surface area is 133 Å². The van der Waals surface area contributed by atoms with Gasteiger partial charge in [0.2, 0.25) is 0 Å². The van der Waals surface area contributed by atoms with Crippen molar-refractivity contribution in [2.24, 2.45) is 0 Å². The van der Waals surface area contributed by atoms with E-state index in [2.05, 4.69) is 10.3 Å². The fraction of sp³-hybridized carbons (Fsp3) is 0. The Morgan fingerprint density at radius 3 is 2.59 bits per heavy atom. The molecule has 0 bridgehead atoms. The highest BCUT2D eigenvalue weighted by atomic mass is 35.5. The predicted octanol–water partition coefficient (Wildman–Crippen LogP) is 4.11. The van der Waals surface area contributed by atoms with Crippen LogP contribution in [0.25, 0.3) is 10.2 Å². The van der Waals surface area contributed by atoms with Crippen LogP contribution in [0.5, 0.6) is 0 Å². The van der Waals surface area contributed by atoms with Gasteiger partial charge < -0.3 is 0 Å². The molecule has 0 saturated heterocycles. The highest BCUT2D eigenvalue weighted by Crippen LogP contribution is 2.30. The molecule has 0 atom stereocenters.